The van der Waals surface area contributed by atoms with Crippen LogP contribution < -0.4 is 10.6 Å². The summed E-state index contributed by atoms with van der Waals surface area (Å²) in [5, 5.41) is 6.30. The van der Waals surface area contributed by atoms with Crippen molar-refractivity contribution in [2.45, 2.75) is 33.1 Å². The second kappa shape index (κ2) is 7.07. The van der Waals surface area contributed by atoms with Gasteiger partial charge in [0.15, 0.2) is 0 Å². The molecule has 1 aliphatic rings. The van der Waals surface area contributed by atoms with Crippen molar-refractivity contribution >= 4 is 17.7 Å². The van der Waals surface area contributed by atoms with Crippen molar-refractivity contribution < 1.29 is 4.79 Å². The smallest absolute Gasteiger partial charge is 0.224 e. The van der Waals surface area contributed by atoms with Crippen molar-refractivity contribution in [2.75, 3.05) is 36.8 Å². The Morgan fingerprint density at radius 1 is 1.30 bits per heavy atom. The van der Waals surface area contributed by atoms with Crippen molar-refractivity contribution in [2.24, 2.45) is 0 Å². The molecule has 0 atom stereocenters. The number of likely N-dealkylation sites (tertiary alicyclic amines) is 1. The van der Waals surface area contributed by atoms with Gasteiger partial charge in [-0.1, -0.05) is 0 Å². The molecular formula is C14H23N5O. The Balaban J connectivity index is 1.82. The topological polar surface area (TPSA) is 70.2 Å². The number of rotatable bonds is 6. The number of anilines is 2. The molecule has 20 heavy (non-hydrogen) atoms. The van der Waals surface area contributed by atoms with Gasteiger partial charge in [-0.2, -0.15) is 4.98 Å². The molecule has 1 aliphatic heterocycles. The third-order valence-corrected chi connectivity index (χ3v) is 3.29. The zero-order chi connectivity index (χ0) is 14.4. The van der Waals surface area contributed by atoms with Gasteiger partial charge in [0, 0.05) is 44.4 Å². The Hall–Kier alpha value is -1.85. The van der Waals surface area contributed by atoms with Gasteiger partial charge >= 0.3 is 0 Å². The first-order valence-corrected chi connectivity index (χ1v) is 7.30. The van der Waals surface area contributed by atoms with Crippen molar-refractivity contribution in [1.82, 2.24) is 14.9 Å². The van der Waals surface area contributed by atoms with E-state index in [0.29, 0.717) is 18.9 Å². The fourth-order valence-corrected chi connectivity index (χ4v) is 2.32. The Kier molecular flexibility index (Phi) is 5.15. The van der Waals surface area contributed by atoms with E-state index in [2.05, 4.69) is 20.6 Å². The number of hydrogen-bond acceptors (Lipinski definition) is 5. The van der Waals surface area contributed by atoms with Crippen molar-refractivity contribution in [3.8, 4) is 0 Å². The molecule has 1 aromatic rings. The quantitative estimate of drug-likeness (QED) is 0.827. The Labute approximate surface area is 120 Å². The summed E-state index contributed by atoms with van der Waals surface area (Å²) >= 11 is 0. The fourth-order valence-electron chi connectivity index (χ4n) is 2.32. The second-order valence-electron chi connectivity index (χ2n) is 5.01. The van der Waals surface area contributed by atoms with Crippen molar-refractivity contribution in [3.05, 3.63) is 11.8 Å². The van der Waals surface area contributed by atoms with Crippen LogP contribution in [0, 0.1) is 6.92 Å². The fraction of sp³-hybridized carbons (Fsp3) is 0.643. The number of nitrogens with zero attached hydrogens (tertiary/aromatic N) is 3. The molecule has 0 radical (unpaired) electrons. The molecule has 2 N–H and O–H groups in total. The van der Waals surface area contributed by atoms with Gasteiger partial charge in [-0.25, -0.2) is 4.98 Å². The predicted molar refractivity (Wildman–Crippen MR) is 79.9 cm³/mol. The lowest BCUT2D eigenvalue weighted by molar-refractivity contribution is -0.129. The third-order valence-electron chi connectivity index (χ3n) is 3.29. The monoisotopic (exact) mass is 277 g/mol. The SMILES string of the molecule is CCNc1nc(C)cc(NCCC(=O)N2CCCC2)n1. The molecule has 1 fully saturated rings. The average Bonchev–Trinajstić information content (AvgIpc) is 2.92. The van der Waals surface area contributed by atoms with Gasteiger partial charge in [0.1, 0.15) is 5.82 Å². The van der Waals surface area contributed by atoms with E-state index >= 15 is 0 Å². The van der Waals surface area contributed by atoms with E-state index < -0.39 is 0 Å². The minimum atomic E-state index is 0.229. The highest BCUT2D eigenvalue weighted by Crippen LogP contribution is 2.11. The Morgan fingerprint density at radius 2 is 2.05 bits per heavy atom. The predicted octanol–water partition coefficient (Wildman–Crippen LogP) is 1.64. The van der Waals surface area contributed by atoms with Gasteiger partial charge in [0.25, 0.3) is 0 Å². The van der Waals surface area contributed by atoms with Crippen LogP contribution in [0.25, 0.3) is 0 Å². The van der Waals surface area contributed by atoms with Gasteiger partial charge in [-0.05, 0) is 26.7 Å². The number of aryl methyl sites for hydroxylation is 1. The van der Waals surface area contributed by atoms with Crippen molar-refractivity contribution in [3.63, 3.8) is 0 Å². The summed E-state index contributed by atoms with van der Waals surface area (Å²) in [5.74, 6) is 1.62. The number of carbonyl (C=O) groups is 1. The summed E-state index contributed by atoms with van der Waals surface area (Å²) in [4.78, 5) is 22.5. The van der Waals surface area contributed by atoms with Crippen LogP contribution in [-0.4, -0.2) is 47.0 Å². The maximum atomic E-state index is 11.9. The minimum Gasteiger partial charge on any atom is -0.369 e. The van der Waals surface area contributed by atoms with E-state index in [1.807, 2.05) is 24.8 Å². The van der Waals surface area contributed by atoms with Gasteiger partial charge < -0.3 is 15.5 Å². The molecule has 0 aliphatic carbocycles. The van der Waals surface area contributed by atoms with Crippen LogP contribution >= 0.6 is 0 Å². The first-order chi connectivity index (χ1) is 9.69. The number of carbonyl (C=O) groups excluding carboxylic acids is 1. The Bertz CT molecular complexity index is 457. The number of hydrogen-bond donors (Lipinski definition) is 2. The highest BCUT2D eigenvalue weighted by Gasteiger charge is 2.17. The molecule has 2 heterocycles. The van der Waals surface area contributed by atoms with Crippen LogP contribution in [0.2, 0.25) is 0 Å². The summed E-state index contributed by atoms with van der Waals surface area (Å²) in [5.41, 5.74) is 0.907. The summed E-state index contributed by atoms with van der Waals surface area (Å²) in [6, 6.07) is 1.89. The van der Waals surface area contributed by atoms with Crippen LogP contribution in [0.5, 0.6) is 0 Å². The van der Waals surface area contributed by atoms with Crippen LogP contribution in [0.4, 0.5) is 11.8 Å². The summed E-state index contributed by atoms with van der Waals surface area (Å²) in [6.07, 6.45) is 2.78. The van der Waals surface area contributed by atoms with E-state index in [1.165, 1.54) is 0 Å². The molecule has 110 valence electrons. The van der Waals surface area contributed by atoms with Gasteiger partial charge in [0.2, 0.25) is 11.9 Å². The lowest BCUT2D eigenvalue weighted by Crippen LogP contribution is -2.29. The molecule has 6 heteroatoms. The Morgan fingerprint density at radius 3 is 2.75 bits per heavy atom. The summed E-state index contributed by atoms with van der Waals surface area (Å²) in [7, 11) is 0. The van der Waals surface area contributed by atoms with Gasteiger partial charge in [-0.15, -0.1) is 0 Å². The van der Waals surface area contributed by atoms with E-state index in [-0.39, 0.29) is 5.91 Å². The zero-order valence-electron chi connectivity index (χ0n) is 12.3. The van der Waals surface area contributed by atoms with Crippen LogP contribution in [-0.2, 0) is 4.79 Å². The first-order valence-electron chi connectivity index (χ1n) is 7.30. The molecule has 0 bridgehead atoms. The largest absolute Gasteiger partial charge is 0.369 e. The van der Waals surface area contributed by atoms with E-state index in [0.717, 1.165) is 44.0 Å². The summed E-state index contributed by atoms with van der Waals surface area (Å²) in [6.45, 7) is 7.16. The summed E-state index contributed by atoms with van der Waals surface area (Å²) < 4.78 is 0. The molecule has 6 nitrogen and oxygen atoms in total. The maximum absolute atomic E-state index is 11.9. The highest BCUT2D eigenvalue weighted by molar-refractivity contribution is 5.76. The van der Waals surface area contributed by atoms with Gasteiger partial charge in [0.05, 0.1) is 0 Å². The van der Waals surface area contributed by atoms with Crippen LogP contribution in [0.1, 0.15) is 31.9 Å². The molecule has 0 aromatic carbocycles. The molecule has 1 aromatic heterocycles. The van der Waals surface area contributed by atoms with E-state index in [1.54, 1.807) is 0 Å². The molecule has 0 spiro atoms. The van der Waals surface area contributed by atoms with E-state index in [4.69, 9.17) is 0 Å². The highest BCUT2D eigenvalue weighted by atomic mass is 16.2. The lowest BCUT2D eigenvalue weighted by atomic mass is 10.3. The number of nitrogens with one attached hydrogen (secondary N) is 2. The number of amides is 1. The standard InChI is InChI=1S/C14H23N5O/c1-3-15-14-17-11(2)10-12(18-14)16-7-6-13(20)19-8-4-5-9-19/h10H,3-9H2,1-2H3,(H2,15,16,17,18). The normalized spacial score (nSPS) is 14.4. The van der Waals surface area contributed by atoms with Gasteiger partial charge in [-0.3, -0.25) is 4.79 Å². The zero-order valence-corrected chi connectivity index (χ0v) is 12.3. The second-order valence-corrected chi connectivity index (χ2v) is 5.01. The minimum absolute atomic E-state index is 0.229. The van der Waals surface area contributed by atoms with Crippen molar-refractivity contribution in [1.29, 1.82) is 0 Å². The third kappa shape index (κ3) is 4.08. The molecule has 0 saturated carbocycles. The maximum Gasteiger partial charge on any atom is 0.224 e. The lowest BCUT2D eigenvalue weighted by Gasteiger charge is -2.15. The molecule has 0 unspecified atom stereocenters. The van der Waals surface area contributed by atoms with Crippen LogP contribution in [0.3, 0.4) is 0 Å². The first kappa shape index (κ1) is 14.6. The van der Waals surface area contributed by atoms with E-state index in [9.17, 15) is 4.79 Å². The number of aromatic nitrogens is 2. The average molecular weight is 277 g/mol. The molecule has 2 rings (SSSR count). The molecule has 1 amide bonds. The molecule has 1 saturated heterocycles. The molecular weight excluding hydrogens is 254 g/mol. The van der Waals surface area contributed by atoms with Crippen LogP contribution in [0.15, 0.2) is 6.07 Å².